The van der Waals surface area contributed by atoms with Crippen LogP contribution in [0, 0.1) is 0 Å². The van der Waals surface area contributed by atoms with E-state index in [0.29, 0.717) is 12.1 Å². The van der Waals surface area contributed by atoms with Crippen molar-refractivity contribution in [1.82, 2.24) is 5.48 Å². The number of carbonyl (C=O) groups excluding carboxylic acids is 1. The van der Waals surface area contributed by atoms with E-state index >= 15 is 0 Å². The van der Waals surface area contributed by atoms with Gasteiger partial charge in [-0.1, -0.05) is 19.9 Å². The fourth-order valence-corrected chi connectivity index (χ4v) is 0.702. The monoisotopic (exact) mass is 171 g/mol. The van der Waals surface area contributed by atoms with Gasteiger partial charge in [-0.05, 0) is 19.8 Å². The predicted octanol–water partition coefficient (Wildman–Crippen LogP) is 1.80. The van der Waals surface area contributed by atoms with Crippen molar-refractivity contribution in [2.24, 2.45) is 0 Å². The zero-order valence-electron chi connectivity index (χ0n) is 7.85. The van der Waals surface area contributed by atoms with Gasteiger partial charge in [0.15, 0.2) is 0 Å². The van der Waals surface area contributed by atoms with Gasteiger partial charge in [-0.3, -0.25) is 0 Å². The largest absolute Gasteiger partial charge is 0.367 e. The van der Waals surface area contributed by atoms with Crippen molar-refractivity contribution in [2.45, 2.75) is 33.1 Å². The lowest BCUT2D eigenvalue weighted by molar-refractivity contribution is -0.146. The molecule has 0 fully saturated rings. The molecule has 0 aromatic heterocycles. The summed E-state index contributed by atoms with van der Waals surface area (Å²) in [5, 5.41) is 0. The van der Waals surface area contributed by atoms with E-state index in [4.69, 9.17) is 0 Å². The molecule has 3 nitrogen and oxygen atoms in total. The number of carbonyl (C=O) groups is 1. The molecule has 0 aromatic rings. The van der Waals surface area contributed by atoms with Gasteiger partial charge in [-0.2, -0.15) is 5.48 Å². The molecule has 0 spiro atoms. The topological polar surface area (TPSA) is 38.3 Å². The molecular weight excluding hydrogens is 154 g/mol. The lowest BCUT2D eigenvalue weighted by Gasteiger charge is -2.04. The first-order valence-electron chi connectivity index (χ1n) is 4.34. The molecule has 0 unspecified atom stereocenters. The Balaban J connectivity index is 3.55. The molecule has 70 valence electrons. The van der Waals surface area contributed by atoms with Gasteiger partial charge in [-0.15, -0.1) is 0 Å². The van der Waals surface area contributed by atoms with Crippen LogP contribution in [0.5, 0.6) is 0 Å². The number of nitrogens with one attached hydrogen (secondary N) is 1. The molecule has 0 saturated heterocycles. The van der Waals surface area contributed by atoms with E-state index in [2.05, 4.69) is 23.8 Å². The quantitative estimate of drug-likeness (QED) is 0.489. The summed E-state index contributed by atoms with van der Waals surface area (Å²) in [6.45, 7) is 8.18. The standard InChI is InChI=1S/C9H17NO2/c1-4-6-7-8(3)9(11)12-10-5-2/h10H,3-7H2,1-2H3. The SMILES string of the molecule is C=C(CCCC)C(=O)ONCC. The Kier molecular flexibility index (Phi) is 6.38. The number of hydrogen-bond donors (Lipinski definition) is 1. The van der Waals surface area contributed by atoms with Crippen molar-refractivity contribution < 1.29 is 9.63 Å². The third-order valence-electron chi connectivity index (χ3n) is 1.43. The first kappa shape index (κ1) is 11.2. The van der Waals surface area contributed by atoms with Crippen LogP contribution in [0.3, 0.4) is 0 Å². The number of unbranched alkanes of at least 4 members (excludes halogenated alkanes) is 1. The van der Waals surface area contributed by atoms with Gasteiger partial charge in [-0.25, -0.2) is 4.79 Å². The molecule has 0 aromatic carbocycles. The minimum atomic E-state index is -0.342. The van der Waals surface area contributed by atoms with Crippen LogP contribution in [-0.2, 0) is 9.63 Å². The Bertz CT molecular complexity index is 137. The Labute approximate surface area is 73.7 Å². The highest BCUT2D eigenvalue weighted by Crippen LogP contribution is 2.05. The van der Waals surface area contributed by atoms with Gasteiger partial charge in [0.25, 0.3) is 0 Å². The predicted molar refractivity (Wildman–Crippen MR) is 48.4 cm³/mol. The van der Waals surface area contributed by atoms with E-state index in [9.17, 15) is 4.79 Å². The molecule has 0 bridgehead atoms. The normalized spacial score (nSPS) is 9.50. The second-order valence-corrected chi connectivity index (χ2v) is 2.59. The molecule has 12 heavy (non-hydrogen) atoms. The minimum absolute atomic E-state index is 0.342. The van der Waals surface area contributed by atoms with Crippen LogP contribution < -0.4 is 5.48 Å². The van der Waals surface area contributed by atoms with Gasteiger partial charge in [0.05, 0.1) is 0 Å². The van der Waals surface area contributed by atoms with Crippen LogP contribution in [0.25, 0.3) is 0 Å². The summed E-state index contributed by atoms with van der Waals surface area (Å²) in [6, 6.07) is 0. The summed E-state index contributed by atoms with van der Waals surface area (Å²) in [7, 11) is 0. The third-order valence-corrected chi connectivity index (χ3v) is 1.43. The Hall–Kier alpha value is -0.830. The second kappa shape index (κ2) is 6.85. The van der Waals surface area contributed by atoms with Crippen LogP contribution in [0.4, 0.5) is 0 Å². The smallest absolute Gasteiger partial charge is 0.352 e. The molecule has 0 atom stereocenters. The third kappa shape index (κ3) is 4.91. The zero-order chi connectivity index (χ0) is 9.40. The molecule has 0 aliphatic rings. The molecule has 0 aliphatic heterocycles. The van der Waals surface area contributed by atoms with E-state index in [0.717, 1.165) is 19.3 Å². The molecule has 0 heterocycles. The van der Waals surface area contributed by atoms with E-state index in [1.807, 2.05) is 6.92 Å². The molecular formula is C9H17NO2. The van der Waals surface area contributed by atoms with Crippen molar-refractivity contribution in [2.75, 3.05) is 6.54 Å². The van der Waals surface area contributed by atoms with Gasteiger partial charge in [0.2, 0.25) is 0 Å². The van der Waals surface area contributed by atoms with Crippen molar-refractivity contribution in [3.63, 3.8) is 0 Å². The summed E-state index contributed by atoms with van der Waals surface area (Å²) >= 11 is 0. The second-order valence-electron chi connectivity index (χ2n) is 2.59. The summed E-state index contributed by atoms with van der Waals surface area (Å²) < 4.78 is 0. The lowest BCUT2D eigenvalue weighted by Crippen LogP contribution is -2.20. The molecule has 0 aliphatic carbocycles. The van der Waals surface area contributed by atoms with Crippen LogP contribution >= 0.6 is 0 Å². The fraction of sp³-hybridized carbons (Fsp3) is 0.667. The highest BCUT2D eigenvalue weighted by Gasteiger charge is 2.06. The average Bonchev–Trinajstić information content (AvgIpc) is 2.10. The highest BCUT2D eigenvalue weighted by atomic mass is 16.7. The first-order chi connectivity index (χ1) is 5.72. The Morgan fingerprint density at radius 3 is 2.67 bits per heavy atom. The van der Waals surface area contributed by atoms with Crippen molar-refractivity contribution >= 4 is 5.97 Å². The fourth-order valence-electron chi connectivity index (χ4n) is 0.702. The molecule has 0 saturated carbocycles. The van der Waals surface area contributed by atoms with Crippen LogP contribution in [0.15, 0.2) is 12.2 Å². The summed E-state index contributed by atoms with van der Waals surface area (Å²) in [5.41, 5.74) is 3.03. The van der Waals surface area contributed by atoms with E-state index in [1.165, 1.54) is 0 Å². The van der Waals surface area contributed by atoms with Crippen LogP contribution in [0.1, 0.15) is 33.1 Å². The van der Waals surface area contributed by atoms with Crippen LogP contribution in [0.2, 0.25) is 0 Å². The molecule has 0 radical (unpaired) electrons. The van der Waals surface area contributed by atoms with Gasteiger partial charge >= 0.3 is 5.97 Å². The summed E-state index contributed by atoms with van der Waals surface area (Å²) in [4.78, 5) is 15.7. The maximum absolute atomic E-state index is 11.0. The van der Waals surface area contributed by atoms with Crippen LogP contribution in [-0.4, -0.2) is 12.5 Å². The Morgan fingerprint density at radius 2 is 2.17 bits per heavy atom. The zero-order valence-corrected chi connectivity index (χ0v) is 7.85. The van der Waals surface area contributed by atoms with Gasteiger partial charge < -0.3 is 4.84 Å². The highest BCUT2D eigenvalue weighted by molar-refractivity contribution is 5.87. The summed E-state index contributed by atoms with van der Waals surface area (Å²) in [5.74, 6) is -0.342. The van der Waals surface area contributed by atoms with Gasteiger partial charge in [0, 0.05) is 12.1 Å². The number of hydroxylamine groups is 1. The molecule has 0 rings (SSSR count). The van der Waals surface area contributed by atoms with Gasteiger partial charge in [0.1, 0.15) is 0 Å². The minimum Gasteiger partial charge on any atom is -0.367 e. The average molecular weight is 171 g/mol. The van der Waals surface area contributed by atoms with Crippen molar-refractivity contribution in [3.8, 4) is 0 Å². The first-order valence-corrected chi connectivity index (χ1v) is 4.34. The summed E-state index contributed by atoms with van der Waals surface area (Å²) in [6.07, 6.45) is 2.77. The molecule has 3 heteroatoms. The van der Waals surface area contributed by atoms with Crippen molar-refractivity contribution in [3.05, 3.63) is 12.2 Å². The lowest BCUT2D eigenvalue weighted by atomic mass is 10.1. The van der Waals surface area contributed by atoms with E-state index in [-0.39, 0.29) is 5.97 Å². The maximum Gasteiger partial charge on any atom is 0.352 e. The number of hydrogen-bond acceptors (Lipinski definition) is 3. The van der Waals surface area contributed by atoms with E-state index in [1.54, 1.807) is 0 Å². The molecule has 1 N–H and O–H groups in total. The Morgan fingerprint density at radius 1 is 1.50 bits per heavy atom. The number of rotatable bonds is 6. The van der Waals surface area contributed by atoms with Crippen molar-refractivity contribution in [1.29, 1.82) is 0 Å². The van der Waals surface area contributed by atoms with E-state index < -0.39 is 0 Å². The molecule has 0 amide bonds. The maximum atomic E-state index is 11.0.